The molecule has 0 amide bonds. The van der Waals surface area contributed by atoms with Crippen LogP contribution in [0.2, 0.25) is 0 Å². The van der Waals surface area contributed by atoms with Crippen LogP contribution in [0.1, 0.15) is 28.2 Å². The van der Waals surface area contributed by atoms with Gasteiger partial charge in [-0.3, -0.25) is 5.26 Å². The Balaban J connectivity index is 3.31. The van der Waals surface area contributed by atoms with Crippen molar-refractivity contribution >= 4 is 0 Å². The van der Waals surface area contributed by atoms with Crippen molar-refractivity contribution in [2.24, 2.45) is 0 Å². The Morgan fingerprint density at radius 2 is 2.12 bits per heavy atom. The normalized spacial score (nSPS) is 17.1. The predicted molar refractivity (Wildman–Crippen MR) is 52.7 cm³/mol. The zero-order valence-corrected chi connectivity index (χ0v) is 8.08. The molecule has 0 aliphatic rings. The molecule has 1 atom stereocenters. The summed E-state index contributed by atoms with van der Waals surface area (Å²) in [5.41, 5.74) is -2.22. The molecule has 0 heterocycles. The Morgan fingerprint density at radius 1 is 1.50 bits per heavy atom. The fraction of sp³-hybridized carbons (Fsp3) is 0.273. The van der Waals surface area contributed by atoms with Gasteiger partial charge < -0.3 is 0 Å². The van der Waals surface area contributed by atoms with Crippen LogP contribution in [-0.2, 0) is 11.1 Å². The molecule has 16 heavy (non-hydrogen) atoms. The summed E-state index contributed by atoms with van der Waals surface area (Å²) in [6.07, 6.45) is -6.46. The molecule has 0 saturated carbocycles. The second kappa shape index (κ2) is 4.67. The van der Waals surface area contributed by atoms with Gasteiger partial charge >= 0.3 is 6.18 Å². The van der Waals surface area contributed by atoms with Crippen LogP contribution in [0.25, 0.3) is 0 Å². The van der Waals surface area contributed by atoms with Gasteiger partial charge in [0.25, 0.3) is 0 Å². The van der Waals surface area contributed by atoms with Gasteiger partial charge in [0.05, 0.1) is 5.56 Å². The van der Waals surface area contributed by atoms with E-state index in [-0.39, 0.29) is 0 Å². The van der Waals surface area contributed by atoms with Crippen molar-refractivity contribution in [3.05, 3.63) is 47.5 Å². The highest BCUT2D eigenvalue weighted by atomic mass is 19.4. The second-order valence-corrected chi connectivity index (χ2v) is 3.10. The lowest BCUT2D eigenvalue weighted by molar-refractivity contribution is -0.272. The van der Waals surface area contributed by atoms with E-state index < -0.39 is 35.8 Å². The van der Waals surface area contributed by atoms with Gasteiger partial charge in [0.15, 0.2) is 0 Å². The summed E-state index contributed by atoms with van der Waals surface area (Å²) >= 11 is 0. The van der Waals surface area contributed by atoms with Crippen LogP contribution in [0.15, 0.2) is 36.4 Å². The van der Waals surface area contributed by atoms with E-state index in [1.165, 1.54) is 6.07 Å². The molecule has 0 spiro atoms. The molecule has 5 heteroatoms. The van der Waals surface area contributed by atoms with Crippen LogP contribution in [0, 0.1) is 0 Å². The molecule has 1 aromatic carbocycles. The lowest BCUT2D eigenvalue weighted by atomic mass is 9.98. The number of benzene rings is 1. The van der Waals surface area contributed by atoms with Gasteiger partial charge in [0.1, 0.15) is 6.10 Å². The molecule has 88 valence electrons. The average Bonchev–Trinajstić information content (AvgIpc) is 2.28. The number of halogens is 3. The molecule has 1 N–H and O–H groups in total. The molecule has 0 aromatic heterocycles. The maximum absolute atomic E-state index is 12.8. The van der Waals surface area contributed by atoms with Crippen LogP contribution >= 0.6 is 0 Å². The van der Waals surface area contributed by atoms with Gasteiger partial charge in [-0.2, -0.15) is 13.2 Å². The van der Waals surface area contributed by atoms with Crippen LogP contribution < -0.4 is 0 Å². The topological polar surface area (TPSA) is 29.5 Å². The van der Waals surface area contributed by atoms with E-state index in [2.05, 4.69) is 11.5 Å². The summed E-state index contributed by atoms with van der Waals surface area (Å²) in [4.78, 5) is 3.90. The fourth-order valence-electron chi connectivity index (χ4n) is 1.29. The van der Waals surface area contributed by atoms with Gasteiger partial charge in [0.2, 0.25) is 0 Å². The minimum Gasteiger partial charge on any atom is -0.251 e. The molecule has 0 fully saturated rings. The number of hydrogen-bond acceptors (Lipinski definition) is 2. The van der Waals surface area contributed by atoms with Crippen LogP contribution in [-0.4, -0.2) is 5.26 Å². The number of alkyl halides is 3. The standard InChI is InChI=1S/C11H11F3O2/c1-7(2)10(16-15)8-5-3-4-6-9(8)11(12,13)14/h3-6,10,15H,1H2,2H3/i2D3. The van der Waals surface area contributed by atoms with Crippen LogP contribution in [0.4, 0.5) is 13.2 Å². The smallest absolute Gasteiger partial charge is 0.251 e. The zero-order valence-electron chi connectivity index (χ0n) is 11.1. The summed E-state index contributed by atoms with van der Waals surface area (Å²) < 4.78 is 59.7. The van der Waals surface area contributed by atoms with Crippen LogP contribution in [0.5, 0.6) is 0 Å². The first-order chi connectivity index (χ1) is 8.59. The van der Waals surface area contributed by atoms with E-state index in [1.54, 1.807) is 0 Å². The van der Waals surface area contributed by atoms with Crippen molar-refractivity contribution < 1.29 is 27.4 Å². The fourth-order valence-corrected chi connectivity index (χ4v) is 1.29. The van der Waals surface area contributed by atoms with Crippen LogP contribution in [0.3, 0.4) is 0 Å². The maximum atomic E-state index is 12.8. The highest BCUT2D eigenvalue weighted by Gasteiger charge is 2.35. The molecule has 0 saturated heterocycles. The van der Waals surface area contributed by atoms with Gasteiger partial charge in [-0.05, 0) is 18.5 Å². The van der Waals surface area contributed by atoms with Gasteiger partial charge in [-0.25, -0.2) is 4.89 Å². The lowest BCUT2D eigenvalue weighted by Gasteiger charge is -2.18. The highest BCUT2D eigenvalue weighted by Crippen LogP contribution is 2.37. The summed E-state index contributed by atoms with van der Waals surface area (Å²) in [5, 5.41) is 8.73. The third kappa shape index (κ3) is 2.62. The Labute approximate surface area is 95.1 Å². The van der Waals surface area contributed by atoms with Crippen molar-refractivity contribution in [2.45, 2.75) is 19.1 Å². The monoisotopic (exact) mass is 235 g/mol. The molecular weight excluding hydrogens is 221 g/mol. The quantitative estimate of drug-likeness (QED) is 0.490. The molecule has 0 aliphatic carbocycles. The molecule has 0 radical (unpaired) electrons. The predicted octanol–water partition coefficient (Wildman–Crippen LogP) is 3.81. The third-order valence-electron chi connectivity index (χ3n) is 1.97. The third-order valence-corrected chi connectivity index (χ3v) is 1.97. The maximum Gasteiger partial charge on any atom is 0.416 e. The first-order valence-corrected chi connectivity index (χ1v) is 4.24. The first-order valence-electron chi connectivity index (χ1n) is 5.74. The molecular formula is C11H11F3O2. The SMILES string of the molecule is [2H]C([2H])([2H])C(=C)C(OO)c1ccccc1C(F)(F)F. The molecule has 0 aliphatic heterocycles. The Morgan fingerprint density at radius 3 is 2.62 bits per heavy atom. The van der Waals surface area contributed by atoms with Gasteiger partial charge in [-0.15, -0.1) is 0 Å². The van der Waals surface area contributed by atoms with E-state index in [0.717, 1.165) is 18.2 Å². The highest BCUT2D eigenvalue weighted by molar-refractivity contribution is 5.35. The molecule has 1 rings (SSSR count). The van der Waals surface area contributed by atoms with E-state index in [1.807, 2.05) is 0 Å². The lowest BCUT2D eigenvalue weighted by Crippen LogP contribution is -2.13. The van der Waals surface area contributed by atoms with E-state index in [9.17, 15) is 13.2 Å². The first kappa shape index (κ1) is 8.78. The molecule has 1 aromatic rings. The molecule has 0 bridgehead atoms. The zero-order chi connectivity index (χ0) is 14.8. The Hall–Kier alpha value is -1.33. The van der Waals surface area contributed by atoms with Crippen molar-refractivity contribution in [1.29, 1.82) is 0 Å². The average molecular weight is 235 g/mol. The van der Waals surface area contributed by atoms with Crippen molar-refractivity contribution in [2.75, 3.05) is 0 Å². The van der Waals surface area contributed by atoms with Gasteiger partial charge in [-0.1, -0.05) is 24.8 Å². The van der Waals surface area contributed by atoms with E-state index >= 15 is 0 Å². The van der Waals surface area contributed by atoms with E-state index in [4.69, 9.17) is 9.37 Å². The Kier molecular flexibility index (Phi) is 2.56. The summed E-state index contributed by atoms with van der Waals surface area (Å²) in [7, 11) is 0. The minimum absolute atomic E-state index is 0.501. The summed E-state index contributed by atoms with van der Waals surface area (Å²) in [5.74, 6) is 0. The summed E-state index contributed by atoms with van der Waals surface area (Å²) in [6.45, 7) is 0.438. The minimum atomic E-state index is -4.69. The van der Waals surface area contributed by atoms with E-state index in [0.29, 0.717) is 0 Å². The molecule has 2 nitrogen and oxygen atoms in total. The number of rotatable bonds is 3. The van der Waals surface area contributed by atoms with Crippen molar-refractivity contribution in [3.8, 4) is 0 Å². The van der Waals surface area contributed by atoms with Gasteiger partial charge in [0, 0.05) is 9.68 Å². The molecule has 1 unspecified atom stereocenters. The van der Waals surface area contributed by atoms with Crippen molar-refractivity contribution in [1.82, 2.24) is 0 Å². The van der Waals surface area contributed by atoms with Crippen molar-refractivity contribution in [3.63, 3.8) is 0 Å². The largest absolute Gasteiger partial charge is 0.416 e. The summed E-state index contributed by atoms with van der Waals surface area (Å²) in [6, 6.07) is 4.23. The number of hydrogen-bond donors (Lipinski definition) is 1. The second-order valence-electron chi connectivity index (χ2n) is 3.10. The Bertz CT molecular complexity index is 469.